The first-order valence-corrected chi connectivity index (χ1v) is 7.93. The first kappa shape index (κ1) is 15.3. The second-order valence-corrected chi connectivity index (χ2v) is 5.60. The number of benzene rings is 3. The van der Waals surface area contributed by atoms with E-state index in [0.29, 0.717) is 13.0 Å². The molecule has 0 bridgehead atoms. The number of ether oxygens (including phenoxy) is 1. The van der Waals surface area contributed by atoms with E-state index in [9.17, 15) is 4.79 Å². The van der Waals surface area contributed by atoms with Crippen LogP contribution in [0.5, 0.6) is 0 Å². The Morgan fingerprint density at radius 3 is 2.43 bits per heavy atom. The average Bonchev–Trinajstić information content (AvgIpc) is 2.57. The summed E-state index contributed by atoms with van der Waals surface area (Å²) < 4.78 is 5.12. The van der Waals surface area contributed by atoms with Crippen LogP contribution in [0.1, 0.15) is 18.1 Å². The highest BCUT2D eigenvalue weighted by Crippen LogP contribution is 2.34. The van der Waals surface area contributed by atoms with Gasteiger partial charge in [-0.05, 0) is 46.9 Å². The summed E-state index contributed by atoms with van der Waals surface area (Å²) in [6.45, 7) is 4.33. The molecule has 0 aliphatic carbocycles. The molecule has 0 aliphatic rings. The van der Waals surface area contributed by atoms with Crippen LogP contribution in [0.25, 0.3) is 21.9 Å². The highest BCUT2D eigenvalue weighted by Gasteiger charge is 2.14. The lowest BCUT2D eigenvalue weighted by molar-refractivity contribution is -0.142. The minimum Gasteiger partial charge on any atom is -0.466 e. The molecule has 3 rings (SSSR count). The topological polar surface area (TPSA) is 26.3 Å². The molecule has 0 saturated carbocycles. The third-order valence-electron chi connectivity index (χ3n) is 4.12. The molecule has 2 nitrogen and oxygen atoms in total. The van der Waals surface area contributed by atoms with Crippen LogP contribution < -0.4 is 0 Å². The Balaban J connectivity index is 2.20. The van der Waals surface area contributed by atoms with Gasteiger partial charge in [-0.25, -0.2) is 0 Å². The SMILES string of the molecule is CCOC(=O)Cc1cc2ccccc2c(-c2ccccc2)c1C. The molecule has 0 aliphatic heterocycles. The summed E-state index contributed by atoms with van der Waals surface area (Å²) in [5.74, 6) is -0.176. The molecule has 2 heteroatoms. The van der Waals surface area contributed by atoms with Crippen molar-refractivity contribution >= 4 is 16.7 Å². The Morgan fingerprint density at radius 2 is 1.70 bits per heavy atom. The minimum absolute atomic E-state index is 0.176. The number of fused-ring (bicyclic) bond motifs is 1. The molecule has 0 saturated heterocycles. The lowest BCUT2D eigenvalue weighted by Gasteiger charge is -2.15. The van der Waals surface area contributed by atoms with E-state index >= 15 is 0 Å². The quantitative estimate of drug-likeness (QED) is 0.639. The van der Waals surface area contributed by atoms with E-state index in [-0.39, 0.29) is 5.97 Å². The van der Waals surface area contributed by atoms with Gasteiger partial charge in [0.1, 0.15) is 0 Å². The van der Waals surface area contributed by atoms with E-state index in [1.807, 2.05) is 31.2 Å². The number of esters is 1. The summed E-state index contributed by atoms with van der Waals surface area (Å²) >= 11 is 0. The Hall–Kier alpha value is -2.61. The van der Waals surface area contributed by atoms with Crippen LogP contribution >= 0.6 is 0 Å². The molecule has 116 valence electrons. The van der Waals surface area contributed by atoms with Gasteiger partial charge in [-0.3, -0.25) is 4.79 Å². The smallest absolute Gasteiger partial charge is 0.310 e. The lowest BCUT2D eigenvalue weighted by atomic mass is 9.89. The molecule has 0 heterocycles. The van der Waals surface area contributed by atoms with Crippen molar-refractivity contribution in [3.05, 3.63) is 71.8 Å². The second kappa shape index (κ2) is 6.66. The van der Waals surface area contributed by atoms with Crippen LogP contribution in [0.3, 0.4) is 0 Å². The van der Waals surface area contributed by atoms with E-state index in [2.05, 4.69) is 43.3 Å². The predicted octanol–water partition coefficient (Wildman–Crippen LogP) is 4.92. The van der Waals surface area contributed by atoms with E-state index in [1.165, 1.54) is 16.5 Å². The van der Waals surface area contributed by atoms with Gasteiger partial charge < -0.3 is 4.74 Å². The van der Waals surface area contributed by atoms with Crippen LogP contribution in [0.15, 0.2) is 60.7 Å². The predicted molar refractivity (Wildman–Crippen MR) is 94.5 cm³/mol. The summed E-state index contributed by atoms with van der Waals surface area (Å²) in [6.07, 6.45) is 0.310. The first-order valence-electron chi connectivity index (χ1n) is 7.93. The van der Waals surface area contributed by atoms with Crippen LogP contribution in [0.2, 0.25) is 0 Å². The maximum absolute atomic E-state index is 11.9. The summed E-state index contributed by atoms with van der Waals surface area (Å²) in [4.78, 5) is 11.9. The normalized spacial score (nSPS) is 10.7. The zero-order valence-electron chi connectivity index (χ0n) is 13.5. The maximum atomic E-state index is 11.9. The first-order chi connectivity index (χ1) is 11.2. The monoisotopic (exact) mass is 304 g/mol. The Bertz CT molecular complexity index is 835. The summed E-state index contributed by atoms with van der Waals surface area (Å²) in [5, 5.41) is 2.36. The zero-order chi connectivity index (χ0) is 16.2. The second-order valence-electron chi connectivity index (χ2n) is 5.60. The molecule has 0 unspecified atom stereocenters. The van der Waals surface area contributed by atoms with Crippen LogP contribution in [0, 0.1) is 6.92 Å². The van der Waals surface area contributed by atoms with Crippen molar-refractivity contribution in [1.82, 2.24) is 0 Å². The van der Waals surface area contributed by atoms with E-state index in [4.69, 9.17) is 4.74 Å². The van der Waals surface area contributed by atoms with Crippen molar-refractivity contribution < 1.29 is 9.53 Å². The van der Waals surface area contributed by atoms with Crippen LogP contribution in [0.4, 0.5) is 0 Å². The van der Waals surface area contributed by atoms with Crippen molar-refractivity contribution in [2.24, 2.45) is 0 Å². The van der Waals surface area contributed by atoms with Crippen molar-refractivity contribution in [3.8, 4) is 11.1 Å². The average molecular weight is 304 g/mol. The lowest BCUT2D eigenvalue weighted by Crippen LogP contribution is -2.09. The minimum atomic E-state index is -0.176. The van der Waals surface area contributed by atoms with Gasteiger partial charge in [-0.2, -0.15) is 0 Å². The van der Waals surface area contributed by atoms with Crippen molar-refractivity contribution in [2.45, 2.75) is 20.3 Å². The third kappa shape index (κ3) is 3.11. The third-order valence-corrected chi connectivity index (χ3v) is 4.12. The number of rotatable bonds is 4. The molecule has 0 fully saturated rings. The highest BCUT2D eigenvalue weighted by molar-refractivity contribution is 5.99. The van der Waals surface area contributed by atoms with Gasteiger partial charge in [0.2, 0.25) is 0 Å². The fourth-order valence-corrected chi connectivity index (χ4v) is 3.04. The van der Waals surface area contributed by atoms with Gasteiger partial charge in [-0.1, -0.05) is 60.7 Å². The number of hydrogen-bond acceptors (Lipinski definition) is 2. The van der Waals surface area contributed by atoms with Gasteiger partial charge in [0.05, 0.1) is 13.0 Å². The van der Waals surface area contributed by atoms with Gasteiger partial charge in [-0.15, -0.1) is 0 Å². The fourth-order valence-electron chi connectivity index (χ4n) is 3.04. The number of hydrogen-bond donors (Lipinski definition) is 0. The van der Waals surface area contributed by atoms with Gasteiger partial charge >= 0.3 is 5.97 Å². The molecule has 0 amide bonds. The number of carbonyl (C=O) groups is 1. The molecule has 0 radical (unpaired) electrons. The molecule has 0 N–H and O–H groups in total. The van der Waals surface area contributed by atoms with Crippen LogP contribution in [-0.4, -0.2) is 12.6 Å². The highest BCUT2D eigenvalue weighted by atomic mass is 16.5. The molecule has 0 spiro atoms. The van der Waals surface area contributed by atoms with E-state index < -0.39 is 0 Å². The van der Waals surface area contributed by atoms with Crippen molar-refractivity contribution in [1.29, 1.82) is 0 Å². The molecule has 3 aromatic carbocycles. The zero-order valence-corrected chi connectivity index (χ0v) is 13.5. The fraction of sp³-hybridized carbons (Fsp3) is 0.190. The largest absolute Gasteiger partial charge is 0.466 e. The Labute approximate surface area is 136 Å². The van der Waals surface area contributed by atoms with Gasteiger partial charge in [0, 0.05) is 0 Å². The van der Waals surface area contributed by atoms with E-state index in [1.54, 1.807) is 0 Å². The van der Waals surface area contributed by atoms with Gasteiger partial charge in [0.25, 0.3) is 0 Å². The molecular weight excluding hydrogens is 284 g/mol. The van der Waals surface area contributed by atoms with E-state index in [0.717, 1.165) is 16.5 Å². The van der Waals surface area contributed by atoms with Gasteiger partial charge in [0.15, 0.2) is 0 Å². The summed E-state index contributed by atoms with van der Waals surface area (Å²) in [7, 11) is 0. The summed E-state index contributed by atoms with van der Waals surface area (Å²) in [6, 6.07) is 20.8. The summed E-state index contributed by atoms with van der Waals surface area (Å²) in [5.41, 5.74) is 4.54. The molecule has 0 aromatic heterocycles. The maximum Gasteiger partial charge on any atom is 0.310 e. The van der Waals surface area contributed by atoms with Crippen molar-refractivity contribution in [3.63, 3.8) is 0 Å². The molecular formula is C21H20O2. The van der Waals surface area contributed by atoms with Crippen molar-refractivity contribution in [2.75, 3.05) is 6.61 Å². The number of carbonyl (C=O) groups excluding carboxylic acids is 1. The molecule has 0 atom stereocenters. The Morgan fingerprint density at radius 1 is 1.00 bits per heavy atom. The standard InChI is InChI=1S/C21H20O2/c1-3-23-20(22)14-18-13-17-11-7-8-12-19(17)21(15(18)2)16-9-5-4-6-10-16/h4-13H,3,14H2,1-2H3. The molecule has 23 heavy (non-hydrogen) atoms. The molecule has 3 aromatic rings. The van der Waals surface area contributed by atoms with Crippen LogP contribution in [-0.2, 0) is 16.0 Å². The Kier molecular flexibility index (Phi) is 4.42.